The van der Waals surface area contributed by atoms with E-state index in [1.807, 2.05) is 25.1 Å². The van der Waals surface area contributed by atoms with Crippen molar-refractivity contribution in [2.24, 2.45) is 0 Å². The summed E-state index contributed by atoms with van der Waals surface area (Å²) in [6.07, 6.45) is 5.22. The first-order chi connectivity index (χ1) is 5.74. The van der Waals surface area contributed by atoms with Gasteiger partial charge in [-0.15, -0.1) is 6.42 Å². The van der Waals surface area contributed by atoms with Crippen molar-refractivity contribution in [3.05, 3.63) is 35.4 Å². The van der Waals surface area contributed by atoms with Gasteiger partial charge in [-0.25, -0.2) is 0 Å². The molecule has 0 aliphatic heterocycles. The van der Waals surface area contributed by atoms with Gasteiger partial charge in [0.15, 0.2) is 5.78 Å². The number of rotatable bonds is 2. The first-order valence-electron chi connectivity index (χ1n) is 3.77. The minimum absolute atomic E-state index is 0.0150. The van der Waals surface area contributed by atoms with Crippen molar-refractivity contribution in [1.82, 2.24) is 0 Å². The number of aryl methyl sites for hydroxylation is 1. The van der Waals surface area contributed by atoms with Crippen LogP contribution in [0.2, 0.25) is 0 Å². The van der Waals surface area contributed by atoms with Crippen LogP contribution in [0.1, 0.15) is 22.3 Å². The van der Waals surface area contributed by atoms with E-state index < -0.39 is 0 Å². The molecule has 0 saturated carbocycles. The van der Waals surface area contributed by atoms with Gasteiger partial charge in [0.25, 0.3) is 0 Å². The molecule has 1 rings (SSSR count). The number of benzene rings is 1. The maximum Gasteiger partial charge on any atom is 0.174 e. The van der Waals surface area contributed by atoms with Gasteiger partial charge in [-0.2, -0.15) is 0 Å². The Morgan fingerprint density at radius 3 is 2.92 bits per heavy atom. The van der Waals surface area contributed by atoms with Crippen LogP contribution in [0.3, 0.4) is 0 Å². The summed E-state index contributed by atoms with van der Waals surface area (Å²) in [6, 6.07) is 7.44. The smallest absolute Gasteiger partial charge is 0.174 e. The average Bonchev–Trinajstić information content (AvgIpc) is 2.05. The zero-order valence-electron chi connectivity index (χ0n) is 7.00. The molecule has 60 valence electrons. The summed E-state index contributed by atoms with van der Waals surface area (Å²) in [5.74, 6) is 2.35. The fourth-order valence-electron chi connectivity index (χ4n) is 1.01. The van der Waals surface area contributed by atoms with Crippen molar-refractivity contribution in [3.63, 3.8) is 0 Å². The Kier molecular flexibility index (Phi) is 2.66. The first kappa shape index (κ1) is 8.55. The number of ketones is 1. The van der Waals surface area contributed by atoms with E-state index in [0.29, 0.717) is 5.56 Å². The Bertz CT molecular complexity index is 331. The summed E-state index contributed by atoms with van der Waals surface area (Å²) in [7, 11) is 0. The van der Waals surface area contributed by atoms with E-state index in [4.69, 9.17) is 6.42 Å². The minimum atomic E-state index is 0.0150. The average molecular weight is 158 g/mol. The maximum atomic E-state index is 11.3. The number of Topliss-reactive ketones (excluding diaryl/α,β-unsaturated/α-hetero) is 1. The molecule has 0 atom stereocenters. The van der Waals surface area contributed by atoms with Gasteiger partial charge in [0.1, 0.15) is 0 Å². The van der Waals surface area contributed by atoms with Crippen molar-refractivity contribution in [2.75, 3.05) is 0 Å². The van der Waals surface area contributed by atoms with E-state index in [1.165, 1.54) is 0 Å². The molecule has 0 N–H and O–H groups in total. The number of hydrogen-bond donors (Lipinski definition) is 0. The monoisotopic (exact) mass is 158 g/mol. The Labute approximate surface area is 72.4 Å². The third kappa shape index (κ3) is 1.96. The highest BCUT2D eigenvalue weighted by atomic mass is 16.1. The van der Waals surface area contributed by atoms with Gasteiger partial charge in [-0.3, -0.25) is 4.79 Å². The number of hydrogen-bond acceptors (Lipinski definition) is 1. The van der Waals surface area contributed by atoms with Crippen LogP contribution < -0.4 is 0 Å². The molecule has 0 aliphatic rings. The molecule has 0 unspecified atom stereocenters. The normalized spacial score (nSPS) is 9.00. The van der Waals surface area contributed by atoms with Gasteiger partial charge < -0.3 is 0 Å². The van der Waals surface area contributed by atoms with Gasteiger partial charge in [0.05, 0.1) is 6.42 Å². The van der Waals surface area contributed by atoms with Crippen LogP contribution in [0.5, 0.6) is 0 Å². The molecule has 0 fully saturated rings. The predicted octanol–water partition coefficient (Wildman–Crippen LogP) is 2.20. The molecule has 0 spiro atoms. The molecular formula is C11H10O. The van der Waals surface area contributed by atoms with Crippen molar-refractivity contribution >= 4 is 5.78 Å². The van der Waals surface area contributed by atoms with Crippen LogP contribution in [0.15, 0.2) is 24.3 Å². The van der Waals surface area contributed by atoms with Crippen molar-refractivity contribution < 1.29 is 4.79 Å². The fraction of sp³-hybridized carbons (Fsp3) is 0.182. The molecule has 0 aliphatic carbocycles. The Morgan fingerprint density at radius 1 is 1.58 bits per heavy atom. The summed E-state index contributed by atoms with van der Waals surface area (Å²) in [5.41, 5.74) is 1.78. The third-order valence-corrected chi connectivity index (χ3v) is 1.60. The van der Waals surface area contributed by atoms with Gasteiger partial charge in [0.2, 0.25) is 0 Å². The minimum Gasteiger partial charge on any atom is -0.293 e. The lowest BCUT2D eigenvalue weighted by atomic mass is 10.1. The number of carbonyl (C=O) groups excluding carboxylic acids is 1. The summed E-state index contributed by atoms with van der Waals surface area (Å²) in [4.78, 5) is 11.3. The van der Waals surface area contributed by atoms with Crippen molar-refractivity contribution in [3.8, 4) is 12.3 Å². The molecule has 0 heterocycles. The molecule has 0 amide bonds. The van der Waals surface area contributed by atoms with E-state index >= 15 is 0 Å². The number of carbonyl (C=O) groups is 1. The van der Waals surface area contributed by atoms with E-state index in [2.05, 4.69) is 5.92 Å². The third-order valence-electron chi connectivity index (χ3n) is 1.60. The molecular weight excluding hydrogens is 148 g/mol. The second-order valence-electron chi connectivity index (χ2n) is 2.67. The van der Waals surface area contributed by atoms with E-state index in [0.717, 1.165) is 5.56 Å². The summed E-state index contributed by atoms with van der Waals surface area (Å²) >= 11 is 0. The molecule has 0 saturated heterocycles. The molecule has 0 radical (unpaired) electrons. The van der Waals surface area contributed by atoms with Gasteiger partial charge >= 0.3 is 0 Å². The molecule has 1 heteroatoms. The second kappa shape index (κ2) is 3.73. The molecule has 1 aromatic carbocycles. The van der Waals surface area contributed by atoms with Crippen molar-refractivity contribution in [1.29, 1.82) is 0 Å². The standard InChI is InChI=1S/C11H10O/c1-3-5-11(12)10-7-4-6-9(2)8-10/h1,4,6-8H,5H2,2H3. The highest BCUT2D eigenvalue weighted by Gasteiger charge is 2.02. The molecule has 0 bridgehead atoms. The van der Waals surface area contributed by atoms with Gasteiger partial charge in [-0.1, -0.05) is 29.7 Å². The fourth-order valence-corrected chi connectivity index (χ4v) is 1.01. The summed E-state index contributed by atoms with van der Waals surface area (Å²) < 4.78 is 0. The SMILES string of the molecule is C#CCC(=O)c1cccc(C)c1. The van der Waals surface area contributed by atoms with Gasteiger partial charge in [-0.05, 0) is 13.0 Å². The summed E-state index contributed by atoms with van der Waals surface area (Å²) in [5, 5.41) is 0. The highest BCUT2D eigenvalue weighted by molar-refractivity contribution is 5.97. The van der Waals surface area contributed by atoms with Crippen LogP contribution in [0.4, 0.5) is 0 Å². The molecule has 12 heavy (non-hydrogen) atoms. The highest BCUT2D eigenvalue weighted by Crippen LogP contribution is 2.05. The summed E-state index contributed by atoms with van der Waals surface area (Å²) in [6.45, 7) is 1.95. The zero-order valence-corrected chi connectivity index (χ0v) is 7.00. The van der Waals surface area contributed by atoms with Crippen LogP contribution in [-0.2, 0) is 0 Å². The molecule has 1 aromatic rings. The lowest BCUT2D eigenvalue weighted by Gasteiger charge is -1.97. The van der Waals surface area contributed by atoms with Crippen LogP contribution in [0.25, 0.3) is 0 Å². The lowest BCUT2D eigenvalue weighted by molar-refractivity contribution is 0.0998. The number of terminal acetylenes is 1. The van der Waals surface area contributed by atoms with Crippen molar-refractivity contribution in [2.45, 2.75) is 13.3 Å². The van der Waals surface area contributed by atoms with E-state index in [1.54, 1.807) is 6.07 Å². The van der Waals surface area contributed by atoms with Crippen LogP contribution in [0, 0.1) is 19.3 Å². The predicted molar refractivity (Wildman–Crippen MR) is 49.0 cm³/mol. The molecule has 0 aromatic heterocycles. The Morgan fingerprint density at radius 2 is 2.33 bits per heavy atom. The largest absolute Gasteiger partial charge is 0.293 e. The van der Waals surface area contributed by atoms with E-state index in [9.17, 15) is 4.79 Å². The van der Waals surface area contributed by atoms with E-state index in [-0.39, 0.29) is 12.2 Å². The van der Waals surface area contributed by atoms with Crippen LogP contribution >= 0.6 is 0 Å². The first-order valence-corrected chi connectivity index (χ1v) is 3.77. The maximum absolute atomic E-state index is 11.3. The lowest BCUT2D eigenvalue weighted by Crippen LogP contribution is -1.96. The topological polar surface area (TPSA) is 17.1 Å². The van der Waals surface area contributed by atoms with Crippen LogP contribution in [-0.4, -0.2) is 5.78 Å². The Hall–Kier alpha value is -1.55. The van der Waals surface area contributed by atoms with Gasteiger partial charge in [0, 0.05) is 5.56 Å². The second-order valence-corrected chi connectivity index (χ2v) is 2.67. The zero-order chi connectivity index (χ0) is 8.97. The Balaban J connectivity index is 2.90. The quantitative estimate of drug-likeness (QED) is 0.476. The molecule has 1 nitrogen and oxygen atoms in total.